The van der Waals surface area contributed by atoms with Gasteiger partial charge < -0.3 is 25.1 Å². The number of carbonyl (C=O) groups excluding carboxylic acids is 1. The molecule has 26 heavy (non-hydrogen) atoms. The molecule has 0 unspecified atom stereocenters. The first-order valence-electron chi connectivity index (χ1n) is 8.94. The topological polar surface area (TPSA) is 87.9 Å². The van der Waals surface area contributed by atoms with E-state index in [0.29, 0.717) is 24.3 Å². The van der Waals surface area contributed by atoms with Crippen molar-refractivity contribution in [3.05, 3.63) is 24.2 Å². The van der Waals surface area contributed by atoms with Crippen LogP contribution in [0.3, 0.4) is 0 Å². The van der Waals surface area contributed by atoms with Crippen molar-refractivity contribution in [1.82, 2.24) is 16.0 Å². The van der Waals surface area contributed by atoms with E-state index in [9.17, 15) is 4.79 Å². The highest BCUT2D eigenvalue weighted by molar-refractivity contribution is 14.0. The molecule has 0 aliphatic heterocycles. The van der Waals surface area contributed by atoms with Crippen LogP contribution in [0.5, 0.6) is 0 Å². The zero-order valence-corrected chi connectivity index (χ0v) is 18.0. The molecule has 8 heteroatoms. The third kappa shape index (κ3) is 7.14. The second-order valence-corrected chi connectivity index (χ2v) is 6.54. The summed E-state index contributed by atoms with van der Waals surface area (Å²) in [4.78, 5) is 16.0. The number of ether oxygens (including phenoxy) is 1. The van der Waals surface area contributed by atoms with Gasteiger partial charge in [-0.2, -0.15) is 0 Å². The average Bonchev–Trinajstić information content (AvgIpc) is 3.32. The number of halogens is 1. The summed E-state index contributed by atoms with van der Waals surface area (Å²) in [6.07, 6.45) is 7.61. The summed E-state index contributed by atoms with van der Waals surface area (Å²) in [6.45, 7) is 2.79. The van der Waals surface area contributed by atoms with Gasteiger partial charge >= 0.3 is 0 Å². The highest BCUT2D eigenvalue weighted by Gasteiger charge is 2.33. The molecule has 0 bridgehead atoms. The third-order valence-corrected chi connectivity index (χ3v) is 4.80. The summed E-state index contributed by atoms with van der Waals surface area (Å²) in [7, 11) is 3.51. The van der Waals surface area contributed by atoms with E-state index in [-0.39, 0.29) is 29.9 Å². The zero-order chi connectivity index (χ0) is 18.0. The number of hydrogen-bond donors (Lipinski definition) is 3. The molecule has 1 aliphatic carbocycles. The van der Waals surface area contributed by atoms with Crippen LogP contribution >= 0.6 is 24.0 Å². The van der Waals surface area contributed by atoms with Crippen molar-refractivity contribution < 1.29 is 13.9 Å². The number of amides is 1. The van der Waals surface area contributed by atoms with Gasteiger partial charge in [-0.15, -0.1) is 24.0 Å². The summed E-state index contributed by atoms with van der Waals surface area (Å²) >= 11 is 0. The fraction of sp³-hybridized carbons (Fsp3) is 0.667. The molecule has 0 aromatic carbocycles. The molecule has 0 spiro atoms. The Morgan fingerprint density at radius 2 is 2.00 bits per heavy atom. The molecule has 1 amide bonds. The minimum Gasteiger partial charge on any atom is -0.459 e. The largest absolute Gasteiger partial charge is 0.459 e. The number of aliphatic imine (C=N–C) groups is 1. The van der Waals surface area contributed by atoms with E-state index in [1.807, 2.05) is 0 Å². The Morgan fingerprint density at radius 1 is 1.27 bits per heavy atom. The van der Waals surface area contributed by atoms with Gasteiger partial charge in [0.15, 0.2) is 11.7 Å². The van der Waals surface area contributed by atoms with Gasteiger partial charge in [0, 0.05) is 40.4 Å². The monoisotopic (exact) mass is 478 g/mol. The van der Waals surface area contributed by atoms with Crippen molar-refractivity contribution >= 4 is 35.8 Å². The van der Waals surface area contributed by atoms with Gasteiger partial charge in [0.05, 0.1) is 6.26 Å². The van der Waals surface area contributed by atoms with E-state index in [4.69, 9.17) is 9.15 Å². The molecular weight excluding hydrogens is 447 g/mol. The molecule has 0 saturated heterocycles. The fourth-order valence-electron chi connectivity index (χ4n) is 3.30. The lowest BCUT2D eigenvalue weighted by atomic mass is 9.83. The van der Waals surface area contributed by atoms with Gasteiger partial charge in [0.2, 0.25) is 0 Å². The van der Waals surface area contributed by atoms with Crippen LogP contribution in [0.25, 0.3) is 0 Å². The van der Waals surface area contributed by atoms with Gasteiger partial charge in [-0.3, -0.25) is 9.79 Å². The van der Waals surface area contributed by atoms with Crippen LogP contribution in [0.2, 0.25) is 0 Å². The van der Waals surface area contributed by atoms with Crippen molar-refractivity contribution in [3.63, 3.8) is 0 Å². The van der Waals surface area contributed by atoms with E-state index in [0.717, 1.165) is 25.5 Å². The smallest absolute Gasteiger partial charge is 0.287 e. The lowest BCUT2D eigenvalue weighted by molar-refractivity contribution is 0.0926. The van der Waals surface area contributed by atoms with Crippen molar-refractivity contribution in [1.29, 1.82) is 0 Å². The molecule has 0 atom stereocenters. The number of hydrogen-bond acceptors (Lipinski definition) is 4. The van der Waals surface area contributed by atoms with Gasteiger partial charge in [0.1, 0.15) is 0 Å². The quantitative estimate of drug-likeness (QED) is 0.220. The van der Waals surface area contributed by atoms with Crippen LogP contribution in [0.15, 0.2) is 27.8 Å². The first-order valence-corrected chi connectivity index (χ1v) is 8.94. The predicted molar refractivity (Wildman–Crippen MR) is 113 cm³/mol. The lowest BCUT2D eigenvalue weighted by Gasteiger charge is -2.30. The van der Waals surface area contributed by atoms with Crippen LogP contribution in [0, 0.1) is 5.41 Å². The van der Waals surface area contributed by atoms with E-state index < -0.39 is 0 Å². The Hall–Kier alpha value is -1.29. The lowest BCUT2D eigenvalue weighted by Crippen LogP contribution is -2.45. The van der Waals surface area contributed by atoms with Gasteiger partial charge in [-0.25, -0.2) is 0 Å². The van der Waals surface area contributed by atoms with Crippen LogP contribution in [-0.2, 0) is 4.74 Å². The number of furan rings is 1. The summed E-state index contributed by atoms with van der Waals surface area (Å²) < 4.78 is 10.3. The molecule has 1 saturated carbocycles. The Morgan fingerprint density at radius 3 is 2.62 bits per heavy atom. The maximum absolute atomic E-state index is 11.8. The summed E-state index contributed by atoms with van der Waals surface area (Å²) in [5.41, 5.74) is 0.307. The molecule has 148 valence electrons. The number of methoxy groups -OCH3 is 1. The Kier molecular flexibility index (Phi) is 10.6. The first kappa shape index (κ1) is 22.8. The van der Waals surface area contributed by atoms with Crippen LogP contribution in [-0.4, -0.2) is 52.3 Å². The van der Waals surface area contributed by atoms with Crippen LogP contribution < -0.4 is 16.0 Å². The van der Waals surface area contributed by atoms with Crippen LogP contribution in [0.1, 0.15) is 42.7 Å². The minimum absolute atomic E-state index is 0. The molecule has 1 fully saturated rings. The average molecular weight is 478 g/mol. The third-order valence-electron chi connectivity index (χ3n) is 4.80. The number of rotatable bonds is 9. The minimum atomic E-state index is -0.209. The zero-order valence-electron chi connectivity index (χ0n) is 15.7. The molecule has 2 rings (SSSR count). The summed E-state index contributed by atoms with van der Waals surface area (Å²) in [6, 6.07) is 3.34. The highest BCUT2D eigenvalue weighted by atomic mass is 127. The van der Waals surface area contributed by atoms with Gasteiger partial charge in [-0.05, 0) is 36.8 Å². The van der Waals surface area contributed by atoms with Crippen LogP contribution in [0.4, 0.5) is 0 Å². The van der Waals surface area contributed by atoms with E-state index >= 15 is 0 Å². The molecule has 1 heterocycles. The highest BCUT2D eigenvalue weighted by Crippen LogP contribution is 2.40. The summed E-state index contributed by atoms with van der Waals surface area (Å²) in [5.74, 6) is 0.874. The van der Waals surface area contributed by atoms with Crippen molar-refractivity contribution in [2.75, 3.05) is 40.4 Å². The SMILES string of the molecule is CN=C(NCCNC(=O)c1ccco1)NCC1(CCOC)CCCC1.I. The maximum atomic E-state index is 11.8. The molecule has 1 aromatic heterocycles. The van der Waals surface area contributed by atoms with Crippen molar-refractivity contribution in [3.8, 4) is 0 Å². The van der Waals surface area contributed by atoms with E-state index in [2.05, 4.69) is 20.9 Å². The van der Waals surface area contributed by atoms with Crippen molar-refractivity contribution in [2.45, 2.75) is 32.1 Å². The molecule has 0 radical (unpaired) electrons. The standard InChI is InChI=1S/C18H30N4O3.HI/c1-19-17(21-11-10-20-16(23)15-6-5-12-25-15)22-14-18(9-13-24-2)7-3-4-8-18;/h5-6,12H,3-4,7-11,13-14H2,1-2H3,(H,20,23)(H2,19,21,22);1H. The van der Waals surface area contributed by atoms with E-state index in [1.165, 1.54) is 31.9 Å². The molecule has 7 nitrogen and oxygen atoms in total. The second kappa shape index (κ2) is 12.2. The number of nitrogens with zero attached hydrogens (tertiary/aromatic N) is 1. The number of nitrogens with one attached hydrogen (secondary N) is 3. The Balaban J connectivity index is 0.00000338. The molecule has 1 aliphatic rings. The number of carbonyl (C=O) groups is 1. The Labute approximate surface area is 172 Å². The normalized spacial score (nSPS) is 16.0. The molecule has 1 aromatic rings. The summed E-state index contributed by atoms with van der Waals surface area (Å²) in [5, 5.41) is 9.46. The fourth-order valence-corrected chi connectivity index (χ4v) is 3.30. The molecule has 3 N–H and O–H groups in total. The maximum Gasteiger partial charge on any atom is 0.287 e. The van der Waals surface area contributed by atoms with Gasteiger partial charge in [0.25, 0.3) is 5.91 Å². The molecular formula is C18H31IN4O3. The van der Waals surface area contributed by atoms with Gasteiger partial charge in [-0.1, -0.05) is 12.8 Å². The van der Waals surface area contributed by atoms with Crippen molar-refractivity contribution in [2.24, 2.45) is 10.4 Å². The predicted octanol–water partition coefficient (Wildman–Crippen LogP) is 2.39. The second-order valence-electron chi connectivity index (χ2n) is 6.54. The number of guanidine groups is 1. The first-order chi connectivity index (χ1) is 12.2. The Bertz CT molecular complexity index is 543. The van der Waals surface area contributed by atoms with E-state index in [1.54, 1.807) is 26.3 Å².